The normalized spacial score (nSPS) is 26.2. The molecule has 0 heterocycles. The molecule has 0 aliphatic heterocycles. The Balaban J connectivity index is 1.82. The number of rotatable bonds is 7. The van der Waals surface area contributed by atoms with Gasteiger partial charge in [0.25, 0.3) is 5.91 Å². The molecule has 3 aliphatic rings. The van der Waals surface area contributed by atoms with Crippen molar-refractivity contribution in [3.63, 3.8) is 0 Å². The number of Topliss-reactive ketones (excluding diaryl/α,β-unsaturated/α-hetero) is 2. The Bertz CT molecular complexity index is 1250. The zero-order chi connectivity index (χ0) is 27.4. The predicted octanol–water partition coefficient (Wildman–Crippen LogP) is 2.62. The molecule has 4 rings (SSSR count). The van der Waals surface area contributed by atoms with Crippen LogP contribution in [0.1, 0.15) is 67.1 Å². The van der Waals surface area contributed by atoms with Gasteiger partial charge in [0.15, 0.2) is 11.4 Å². The smallest absolute Gasteiger partial charge is 0.255 e. The number of aryl methyl sites for hydroxylation is 1. The third-order valence-electron chi connectivity index (χ3n) is 8.37. The van der Waals surface area contributed by atoms with Crippen molar-refractivity contribution in [1.29, 1.82) is 0 Å². The summed E-state index contributed by atoms with van der Waals surface area (Å²) in [6, 6.07) is 1.93. The third-order valence-corrected chi connectivity index (χ3v) is 8.37. The number of benzene rings is 1. The van der Waals surface area contributed by atoms with Gasteiger partial charge in [-0.2, -0.15) is 0 Å². The molecule has 4 atom stereocenters. The Labute approximate surface area is 216 Å². The fourth-order valence-electron chi connectivity index (χ4n) is 6.28. The molecule has 0 spiro atoms. The average molecular weight is 513 g/mol. The standard InChI is InChI=1S/C28H36N2O7/c1-5-13(3)11-30(4)12-16-7-14(6-2)18-9-15-8-17-10-19(31)22(27(29)36)26(35)28(17,37)25(34)20(15)24(33)21(18)23(16)32/h7,13,15,17,31-32,34,37H,5-6,8-12H2,1-4H3,(H2,29,36)/t13?,15-,17+,28+/m1/s1. The van der Waals surface area contributed by atoms with Gasteiger partial charge in [0.2, 0.25) is 5.78 Å². The van der Waals surface area contributed by atoms with Crippen LogP contribution in [-0.2, 0) is 29.0 Å². The summed E-state index contributed by atoms with van der Waals surface area (Å²) >= 11 is 0. The number of hydrogen-bond acceptors (Lipinski definition) is 8. The maximum atomic E-state index is 13.8. The van der Waals surface area contributed by atoms with Gasteiger partial charge in [-0.05, 0) is 49.3 Å². The Morgan fingerprint density at radius 3 is 2.46 bits per heavy atom. The molecule has 0 fully saturated rings. The summed E-state index contributed by atoms with van der Waals surface area (Å²) in [6.45, 7) is 7.47. The number of fused-ring (bicyclic) bond motifs is 3. The van der Waals surface area contributed by atoms with Crippen molar-refractivity contribution in [2.75, 3.05) is 13.6 Å². The summed E-state index contributed by atoms with van der Waals surface area (Å²) in [5, 5.41) is 44.1. The third kappa shape index (κ3) is 4.14. The van der Waals surface area contributed by atoms with Gasteiger partial charge in [0.1, 0.15) is 22.8 Å². The maximum Gasteiger partial charge on any atom is 0.255 e. The van der Waals surface area contributed by atoms with Gasteiger partial charge in [-0.15, -0.1) is 0 Å². The van der Waals surface area contributed by atoms with E-state index in [9.17, 15) is 34.8 Å². The molecule has 6 N–H and O–H groups in total. The molecule has 200 valence electrons. The number of primary amides is 1. The number of carbonyl (C=O) groups excluding carboxylic acids is 3. The number of phenols is 1. The summed E-state index contributed by atoms with van der Waals surface area (Å²) in [5.41, 5.74) is 4.11. The number of hydrogen-bond donors (Lipinski definition) is 5. The Morgan fingerprint density at radius 2 is 1.86 bits per heavy atom. The Hall–Kier alpha value is -3.17. The highest BCUT2D eigenvalue weighted by atomic mass is 16.3. The first kappa shape index (κ1) is 26.9. The highest BCUT2D eigenvalue weighted by Crippen LogP contribution is 2.52. The average Bonchev–Trinajstić information content (AvgIpc) is 2.82. The highest BCUT2D eigenvalue weighted by molar-refractivity contribution is 6.24. The number of nitrogens with two attached hydrogens (primary N) is 1. The number of carbonyl (C=O) groups is 3. The van der Waals surface area contributed by atoms with Crippen molar-refractivity contribution >= 4 is 17.5 Å². The lowest BCUT2D eigenvalue weighted by Gasteiger charge is -2.45. The zero-order valence-electron chi connectivity index (χ0n) is 21.8. The van der Waals surface area contributed by atoms with Gasteiger partial charge in [0.05, 0.1) is 5.56 Å². The largest absolute Gasteiger partial charge is 0.511 e. The van der Waals surface area contributed by atoms with Gasteiger partial charge in [-0.1, -0.05) is 33.3 Å². The molecule has 0 radical (unpaired) electrons. The first-order valence-corrected chi connectivity index (χ1v) is 12.9. The van der Waals surface area contributed by atoms with Gasteiger partial charge < -0.3 is 31.1 Å². The first-order valence-electron chi connectivity index (χ1n) is 12.9. The van der Waals surface area contributed by atoms with Crippen molar-refractivity contribution in [2.24, 2.45) is 23.5 Å². The molecular formula is C28H36N2O7. The fourth-order valence-corrected chi connectivity index (χ4v) is 6.28. The molecule has 0 saturated heterocycles. The van der Waals surface area contributed by atoms with Crippen molar-refractivity contribution < 1.29 is 34.8 Å². The van der Waals surface area contributed by atoms with E-state index in [2.05, 4.69) is 18.7 Å². The van der Waals surface area contributed by atoms with Crippen LogP contribution in [0, 0.1) is 17.8 Å². The molecular weight excluding hydrogens is 476 g/mol. The van der Waals surface area contributed by atoms with Crippen LogP contribution in [0.5, 0.6) is 5.75 Å². The number of allylic oxidation sites excluding steroid dienone is 2. The van der Waals surface area contributed by atoms with Crippen LogP contribution >= 0.6 is 0 Å². The summed E-state index contributed by atoms with van der Waals surface area (Å²) < 4.78 is 0. The molecule has 0 aromatic heterocycles. The van der Waals surface area contributed by atoms with E-state index in [4.69, 9.17) is 5.73 Å². The first-order chi connectivity index (χ1) is 17.4. The minimum Gasteiger partial charge on any atom is -0.511 e. The van der Waals surface area contributed by atoms with Crippen molar-refractivity contribution in [3.05, 3.63) is 51.0 Å². The van der Waals surface area contributed by atoms with Gasteiger partial charge in [-0.25, -0.2) is 0 Å². The van der Waals surface area contributed by atoms with Crippen molar-refractivity contribution in [1.82, 2.24) is 4.90 Å². The quantitative estimate of drug-likeness (QED) is 0.348. The predicted molar refractivity (Wildman–Crippen MR) is 136 cm³/mol. The van der Waals surface area contributed by atoms with Crippen LogP contribution in [0.15, 0.2) is 28.7 Å². The lowest BCUT2D eigenvalue weighted by atomic mass is 9.60. The second-order valence-corrected chi connectivity index (χ2v) is 10.9. The van der Waals surface area contributed by atoms with E-state index in [1.165, 1.54) is 0 Å². The zero-order valence-corrected chi connectivity index (χ0v) is 21.8. The second-order valence-electron chi connectivity index (χ2n) is 10.9. The number of aromatic hydroxyl groups is 1. The fraction of sp³-hybridized carbons (Fsp3) is 0.536. The number of ketones is 2. The van der Waals surface area contributed by atoms with Crippen LogP contribution in [0.2, 0.25) is 0 Å². The minimum absolute atomic E-state index is 0.0860. The number of phenolic OH excluding ortho intramolecular Hbond substituents is 1. The summed E-state index contributed by atoms with van der Waals surface area (Å²) in [6.07, 6.45) is 1.87. The Kier molecular flexibility index (Phi) is 6.98. The van der Waals surface area contributed by atoms with Crippen LogP contribution in [0.25, 0.3) is 0 Å². The minimum atomic E-state index is -2.55. The number of nitrogens with zero attached hydrogens (tertiary/aromatic N) is 1. The van der Waals surface area contributed by atoms with Crippen LogP contribution in [0.4, 0.5) is 0 Å². The van der Waals surface area contributed by atoms with Gasteiger partial charge in [-0.3, -0.25) is 14.4 Å². The monoisotopic (exact) mass is 512 g/mol. The topological polar surface area (TPSA) is 161 Å². The molecule has 1 aromatic carbocycles. The van der Waals surface area contributed by atoms with E-state index in [1.807, 2.05) is 20.0 Å². The van der Waals surface area contributed by atoms with Crippen LogP contribution in [0.3, 0.4) is 0 Å². The SMILES string of the molecule is CCc1cc(CN(C)CC(C)CC)c(O)c2c1C[C@H]1C[C@H]3CC(O)=C(C(N)=O)C(=O)[C@@]3(O)C(O)=C1C2=O. The lowest BCUT2D eigenvalue weighted by Crippen LogP contribution is -2.57. The molecule has 1 unspecified atom stereocenters. The maximum absolute atomic E-state index is 13.8. The van der Waals surface area contributed by atoms with E-state index in [0.717, 1.165) is 18.5 Å². The van der Waals surface area contributed by atoms with Gasteiger partial charge in [0, 0.05) is 36.6 Å². The van der Waals surface area contributed by atoms with Crippen molar-refractivity contribution in [2.45, 2.75) is 65.0 Å². The van der Waals surface area contributed by atoms with E-state index >= 15 is 0 Å². The molecule has 1 amide bonds. The van der Waals surface area contributed by atoms with Gasteiger partial charge >= 0.3 is 0 Å². The van der Waals surface area contributed by atoms with Crippen molar-refractivity contribution in [3.8, 4) is 5.75 Å². The molecule has 0 bridgehead atoms. The number of amides is 1. The molecule has 0 saturated carbocycles. The number of aliphatic hydroxyl groups excluding tert-OH is 2. The van der Waals surface area contributed by atoms with Crippen LogP contribution < -0.4 is 5.73 Å². The van der Waals surface area contributed by atoms with E-state index < -0.39 is 52.0 Å². The molecule has 1 aromatic rings. The Morgan fingerprint density at radius 1 is 1.19 bits per heavy atom. The molecule has 9 nitrogen and oxygen atoms in total. The van der Waals surface area contributed by atoms with E-state index in [0.29, 0.717) is 36.4 Å². The molecule has 9 heteroatoms. The summed E-state index contributed by atoms with van der Waals surface area (Å²) in [5.74, 6) is -5.57. The summed E-state index contributed by atoms with van der Waals surface area (Å²) in [7, 11) is 1.95. The van der Waals surface area contributed by atoms with Crippen LogP contribution in [-0.4, -0.2) is 62.0 Å². The van der Waals surface area contributed by atoms with E-state index in [-0.39, 0.29) is 29.7 Å². The number of aliphatic hydroxyl groups is 3. The second kappa shape index (κ2) is 9.61. The highest BCUT2D eigenvalue weighted by Gasteiger charge is 2.59. The molecule has 37 heavy (non-hydrogen) atoms. The lowest BCUT2D eigenvalue weighted by molar-refractivity contribution is -0.144. The molecule has 3 aliphatic carbocycles. The van der Waals surface area contributed by atoms with E-state index in [1.54, 1.807) is 0 Å². The summed E-state index contributed by atoms with van der Waals surface area (Å²) in [4.78, 5) is 40.8.